The molecule has 0 radical (unpaired) electrons. The van der Waals surface area contributed by atoms with Crippen molar-refractivity contribution < 1.29 is 23.1 Å². The molecular formula is C18H18ClN3O5S. The number of sulfone groups is 1. The minimum absolute atomic E-state index is 0.0595. The van der Waals surface area contributed by atoms with E-state index in [9.17, 15) is 23.1 Å². The lowest BCUT2D eigenvalue weighted by Crippen LogP contribution is -2.38. The highest BCUT2D eigenvalue weighted by atomic mass is 35.5. The fourth-order valence-electron chi connectivity index (χ4n) is 2.80. The average Bonchev–Trinajstić information content (AvgIpc) is 2.96. The monoisotopic (exact) mass is 423 g/mol. The molecule has 28 heavy (non-hydrogen) atoms. The Labute approximate surface area is 166 Å². The van der Waals surface area contributed by atoms with Crippen molar-refractivity contribution in [3.63, 3.8) is 0 Å². The summed E-state index contributed by atoms with van der Waals surface area (Å²) in [5.41, 5.74) is 0.776. The minimum atomic E-state index is -3.09. The predicted molar refractivity (Wildman–Crippen MR) is 107 cm³/mol. The van der Waals surface area contributed by atoms with Crippen LogP contribution in [0, 0.1) is 0 Å². The van der Waals surface area contributed by atoms with E-state index in [-0.39, 0.29) is 28.5 Å². The third-order valence-corrected chi connectivity index (χ3v) is 6.16. The van der Waals surface area contributed by atoms with Crippen LogP contribution in [0.1, 0.15) is 16.8 Å². The minimum Gasteiger partial charge on any atom is -0.506 e. The van der Waals surface area contributed by atoms with Gasteiger partial charge in [0.1, 0.15) is 5.75 Å². The zero-order chi connectivity index (χ0) is 20.3. The third kappa shape index (κ3) is 5.14. The Bertz CT molecular complexity index is 1030. The van der Waals surface area contributed by atoms with Gasteiger partial charge in [0, 0.05) is 22.3 Å². The molecule has 1 unspecified atom stereocenters. The van der Waals surface area contributed by atoms with Crippen LogP contribution in [0.3, 0.4) is 0 Å². The maximum Gasteiger partial charge on any atom is 0.319 e. The summed E-state index contributed by atoms with van der Waals surface area (Å²) in [6.07, 6.45) is 0.376. The summed E-state index contributed by atoms with van der Waals surface area (Å²) in [5.74, 6) is -0.642. The molecule has 148 valence electrons. The second-order valence-electron chi connectivity index (χ2n) is 6.39. The first-order chi connectivity index (χ1) is 13.2. The van der Waals surface area contributed by atoms with Crippen LogP contribution >= 0.6 is 11.6 Å². The maximum atomic E-state index is 12.4. The number of hydrogen-bond donors (Lipinski definition) is 4. The van der Waals surface area contributed by atoms with E-state index in [0.29, 0.717) is 17.1 Å². The van der Waals surface area contributed by atoms with Crippen LogP contribution < -0.4 is 16.0 Å². The summed E-state index contributed by atoms with van der Waals surface area (Å²) in [7, 11) is -3.09. The quantitative estimate of drug-likeness (QED) is 0.562. The van der Waals surface area contributed by atoms with Crippen molar-refractivity contribution in [3.05, 3.63) is 53.1 Å². The summed E-state index contributed by atoms with van der Waals surface area (Å²) in [5, 5.41) is 17.9. The SMILES string of the molecule is O=C(Nc1cccc(C(=O)Nc2cc(Cl)ccc2O)c1)NC1CCS(=O)(=O)C1. The molecule has 8 nitrogen and oxygen atoms in total. The normalized spacial score (nSPS) is 17.7. The number of anilines is 2. The highest BCUT2D eigenvalue weighted by molar-refractivity contribution is 7.91. The molecule has 0 spiro atoms. The Morgan fingerprint density at radius 3 is 2.61 bits per heavy atom. The average molecular weight is 424 g/mol. The number of carbonyl (C=O) groups excluding carboxylic acids is 2. The summed E-state index contributed by atoms with van der Waals surface area (Å²) in [6.45, 7) is 0. The largest absolute Gasteiger partial charge is 0.506 e. The van der Waals surface area contributed by atoms with Gasteiger partial charge >= 0.3 is 6.03 Å². The Morgan fingerprint density at radius 1 is 1.11 bits per heavy atom. The van der Waals surface area contributed by atoms with Gasteiger partial charge in [0.15, 0.2) is 9.84 Å². The summed E-state index contributed by atoms with van der Waals surface area (Å²) < 4.78 is 22.9. The van der Waals surface area contributed by atoms with Gasteiger partial charge in [-0.2, -0.15) is 0 Å². The molecule has 0 saturated carbocycles. The number of aromatic hydroxyl groups is 1. The molecule has 3 rings (SSSR count). The van der Waals surface area contributed by atoms with Gasteiger partial charge in [0.05, 0.1) is 17.2 Å². The first-order valence-electron chi connectivity index (χ1n) is 8.40. The van der Waals surface area contributed by atoms with Crippen molar-refractivity contribution in [2.45, 2.75) is 12.5 Å². The smallest absolute Gasteiger partial charge is 0.319 e. The highest BCUT2D eigenvalue weighted by Gasteiger charge is 2.28. The van der Waals surface area contributed by atoms with Crippen LogP contribution in [0.25, 0.3) is 0 Å². The molecule has 1 saturated heterocycles. The number of benzene rings is 2. The number of halogens is 1. The predicted octanol–water partition coefficient (Wildman–Crippen LogP) is 2.61. The number of urea groups is 1. The van der Waals surface area contributed by atoms with Gasteiger partial charge in [-0.05, 0) is 42.8 Å². The molecule has 0 aromatic heterocycles. The van der Waals surface area contributed by atoms with Crippen molar-refractivity contribution >= 4 is 44.8 Å². The second-order valence-corrected chi connectivity index (χ2v) is 9.06. The molecule has 1 fully saturated rings. The zero-order valence-corrected chi connectivity index (χ0v) is 16.2. The molecule has 1 atom stereocenters. The lowest BCUT2D eigenvalue weighted by Gasteiger charge is -2.13. The van der Waals surface area contributed by atoms with E-state index in [2.05, 4.69) is 16.0 Å². The van der Waals surface area contributed by atoms with Gasteiger partial charge in [0.2, 0.25) is 0 Å². The first kappa shape index (κ1) is 20.0. The third-order valence-electron chi connectivity index (χ3n) is 4.16. The molecule has 4 N–H and O–H groups in total. The molecule has 3 amide bonds. The number of hydrogen-bond acceptors (Lipinski definition) is 5. The molecule has 0 aliphatic carbocycles. The molecule has 2 aromatic carbocycles. The van der Waals surface area contributed by atoms with Crippen molar-refractivity contribution in [3.8, 4) is 5.75 Å². The van der Waals surface area contributed by atoms with E-state index in [1.54, 1.807) is 18.2 Å². The molecule has 1 aliphatic heterocycles. The number of phenols is 1. The molecular weight excluding hydrogens is 406 g/mol. The molecule has 1 heterocycles. The molecule has 2 aromatic rings. The number of nitrogens with one attached hydrogen (secondary N) is 3. The summed E-state index contributed by atoms with van der Waals surface area (Å²) in [4.78, 5) is 24.5. The standard InChI is InChI=1S/C18H18ClN3O5S/c19-12-4-5-16(23)15(9-12)22-17(24)11-2-1-3-13(8-11)20-18(25)21-14-6-7-28(26,27)10-14/h1-5,8-9,14,23H,6-7,10H2,(H,22,24)(H2,20,21,25). The van der Waals surface area contributed by atoms with Gasteiger partial charge in [-0.1, -0.05) is 17.7 Å². The van der Waals surface area contributed by atoms with E-state index < -0.39 is 27.8 Å². The summed E-state index contributed by atoms with van der Waals surface area (Å²) >= 11 is 5.86. The Kier molecular flexibility index (Phi) is 5.76. The van der Waals surface area contributed by atoms with Crippen molar-refractivity contribution in [2.75, 3.05) is 22.1 Å². The first-order valence-corrected chi connectivity index (χ1v) is 10.6. The zero-order valence-electron chi connectivity index (χ0n) is 14.6. The maximum absolute atomic E-state index is 12.4. The van der Waals surface area contributed by atoms with E-state index >= 15 is 0 Å². The van der Waals surface area contributed by atoms with Crippen molar-refractivity contribution in [2.24, 2.45) is 0 Å². The van der Waals surface area contributed by atoms with Crippen LogP contribution in [0.4, 0.5) is 16.2 Å². The van der Waals surface area contributed by atoms with Crippen LogP contribution in [0.15, 0.2) is 42.5 Å². The fourth-order valence-corrected chi connectivity index (χ4v) is 4.65. The van der Waals surface area contributed by atoms with E-state index in [0.717, 1.165) is 0 Å². The van der Waals surface area contributed by atoms with Crippen LogP contribution in [-0.2, 0) is 9.84 Å². The fraction of sp³-hybridized carbons (Fsp3) is 0.222. The molecule has 1 aliphatic rings. The van der Waals surface area contributed by atoms with Gasteiger partial charge in [0.25, 0.3) is 5.91 Å². The van der Waals surface area contributed by atoms with Gasteiger partial charge in [-0.15, -0.1) is 0 Å². The topological polar surface area (TPSA) is 125 Å². The van der Waals surface area contributed by atoms with Gasteiger partial charge in [-0.3, -0.25) is 4.79 Å². The van der Waals surface area contributed by atoms with Crippen molar-refractivity contribution in [1.82, 2.24) is 5.32 Å². The number of amides is 3. The lowest BCUT2D eigenvalue weighted by molar-refractivity contribution is 0.102. The van der Waals surface area contributed by atoms with Crippen LogP contribution in [0.5, 0.6) is 5.75 Å². The van der Waals surface area contributed by atoms with E-state index in [1.165, 1.54) is 24.3 Å². The van der Waals surface area contributed by atoms with Crippen molar-refractivity contribution in [1.29, 1.82) is 0 Å². The van der Waals surface area contributed by atoms with E-state index in [1.807, 2.05) is 0 Å². The number of rotatable bonds is 4. The molecule has 0 bridgehead atoms. The van der Waals surface area contributed by atoms with Gasteiger partial charge < -0.3 is 21.1 Å². The Morgan fingerprint density at radius 2 is 1.89 bits per heavy atom. The number of phenolic OH excluding ortho intramolecular Hbond substituents is 1. The second kappa shape index (κ2) is 8.07. The van der Waals surface area contributed by atoms with E-state index in [4.69, 9.17) is 11.6 Å². The molecule has 10 heteroatoms. The summed E-state index contributed by atoms with van der Waals surface area (Å²) in [6, 6.07) is 9.48. The number of carbonyl (C=O) groups is 2. The Hall–Kier alpha value is -2.78. The van der Waals surface area contributed by atoms with Crippen LogP contribution in [-0.4, -0.2) is 43.0 Å². The van der Waals surface area contributed by atoms with Crippen LogP contribution in [0.2, 0.25) is 5.02 Å². The van der Waals surface area contributed by atoms with Gasteiger partial charge in [-0.25, -0.2) is 13.2 Å². The lowest BCUT2D eigenvalue weighted by atomic mass is 10.1. The Balaban J connectivity index is 1.64. The highest BCUT2D eigenvalue weighted by Crippen LogP contribution is 2.27.